The zero-order chi connectivity index (χ0) is 18.1. The van der Waals surface area contributed by atoms with E-state index in [-0.39, 0.29) is 22.2 Å². The lowest BCUT2D eigenvalue weighted by atomic mass is 9.97. The minimum absolute atomic E-state index is 0.00408. The van der Waals surface area contributed by atoms with Crippen LogP contribution in [0.1, 0.15) is 25.0 Å². The molecule has 0 radical (unpaired) electrons. The van der Waals surface area contributed by atoms with Gasteiger partial charge in [-0.2, -0.15) is 0 Å². The van der Waals surface area contributed by atoms with Crippen LogP contribution in [0.15, 0.2) is 24.3 Å². The number of hydrogen-bond acceptors (Lipinski definition) is 3. The molecule has 0 amide bonds. The molecule has 0 N–H and O–H groups in total. The van der Waals surface area contributed by atoms with E-state index in [1.54, 1.807) is 6.07 Å². The van der Waals surface area contributed by atoms with Crippen molar-refractivity contribution in [2.75, 3.05) is 6.61 Å². The summed E-state index contributed by atoms with van der Waals surface area (Å²) in [6.45, 7) is 2.58. The lowest BCUT2D eigenvalue weighted by Gasteiger charge is -2.17. The van der Waals surface area contributed by atoms with Gasteiger partial charge in [0.2, 0.25) is 0 Å². The van der Waals surface area contributed by atoms with E-state index in [1.807, 2.05) is 21.2 Å². The molecule has 2 nitrogen and oxygen atoms in total. The average molecular weight is 500 g/mol. The maximum atomic E-state index is 14.3. The van der Waals surface area contributed by atoms with Gasteiger partial charge in [-0.3, -0.25) is 0 Å². The molecule has 0 spiro atoms. The predicted molar refractivity (Wildman–Crippen MR) is 102 cm³/mol. The Kier molecular flexibility index (Phi) is 6.18. The van der Waals surface area contributed by atoms with Gasteiger partial charge in [-0.25, -0.2) is 18.2 Å². The molecule has 3 rings (SSSR count). The van der Waals surface area contributed by atoms with Crippen LogP contribution in [0.25, 0.3) is 11.3 Å². The fraction of sp³-hybridized carbons (Fsp3) is 0.353. The van der Waals surface area contributed by atoms with E-state index in [0.29, 0.717) is 30.2 Å². The van der Waals surface area contributed by atoms with E-state index >= 15 is 0 Å². The van der Waals surface area contributed by atoms with Crippen molar-refractivity contribution >= 4 is 42.0 Å². The third kappa shape index (κ3) is 4.26. The fourth-order valence-electron chi connectivity index (χ4n) is 3.00. The zero-order valence-electron chi connectivity index (χ0n) is 13.1. The van der Waals surface area contributed by atoms with E-state index in [0.717, 1.165) is 12.5 Å². The minimum atomic E-state index is -0.902. The van der Waals surface area contributed by atoms with Crippen molar-refractivity contribution in [1.82, 2.24) is 4.98 Å². The molecule has 0 bridgehead atoms. The van der Waals surface area contributed by atoms with Crippen LogP contribution in [0.3, 0.4) is 0 Å². The molecule has 134 valence electrons. The summed E-state index contributed by atoms with van der Waals surface area (Å²) < 4.78 is 47.2. The van der Waals surface area contributed by atoms with Crippen LogP contribution < -0.4 is 0 Å². The van der Waals surface area contributed by atoms with E-state index < -0.39 is 17.5 Å². The van der Waals surface area contributed by atoms with Crippen LogP contribution in [0.2, 0.25) is 5.02 Å². The molecule has 0 aliphatic heterocycles. The lowest BCUT2D eigenvalue weighted by Crippen LogP contribution is -2.12. The average Bonchev–Trinajstić information content (AvgIpc) is 3.29. The molecule has 3 unspecified atom stereocenters. The number of halogens is 5. The molecule has 3 atom stereocenters. The van der Waals surface area contributed by atoms with Crippen LogP contribution in [-0.2, 0) is 4.18 Å². The number of nitrogens with zero attached hydrogens (tertiary/aromatic N) is 1. The standard InChI is InChI=1S/C17H14ClF3INOS/c1-8-4-9(8)11(7-24-25-22)16-3-2-13(19)17(23-16)10-5-12(18)15(21)6-14(10)20/h2-3,5-6,8-9,11H,4,7H2,1H3. The van der Waals surface area contributed by atoms with Crippen molar-refractivity contribution in [2.45, 2.75) is 19.3 Å². The number of rotatable bonds is 6. The Morgan fingerprint density at radius 2 is 2.00 bits per heavy atom. The van der Waals surface area contributed by atoms with E-state index in [9.17, 15) is 13.2 Å². The van der Waals surface area contributed by atoms with Gasteiger partial charge in [-0.15, -0.1) is 0 Å². The zero-order valence-corrected chi connectivity index (χ0v) is 16.8. The second kappa shape index (κ2) is 8.02. The van der Waals surface area contributed by atoms with Crippen LogP contribution in [0, 0.1) is 29.3 Å². The van der Waals surface area contributed by atoms with Gasteiger partial charge in [0, 0.05) is 44.4 Å². The van der Waals surface area contributed by atoms with Crippen molar-refractivity contribution in [3.05, 3.63) is 52.4 Å². The second-order valence-electron chi connectivity index (χ2n) is 6.14. The molecule has 1 saturated carbocycles. The first-order valence-corrected chi connectivity index (χ1v) is 11.3. The van der Waals surface area contributed by atoms with Crippen molar-refractivity contribution < 1.29 is 17.4 Å². The van der Waals surface area contributed by atoms with Crippen LogP contribution >= 0.6 is 42.0 Å². The molecular formula is C17H14ClF3INOS. The summed E-state index contributed by atoms with van der Waals surface area (Å²) in [7, 11) is 1.23. The van der Waals surface area contributed by atoms with Gasteiger partial charge in [-0.05, 0) is 36.5 Å². The fourth-order valence-corrected chi connectivity index (χ4v) is 3.80. The highest BCUT2D eigenvalue weighted by atomic mass is 127. The molecule has 1 aliphatic carbocycles. The number of pyridine rings is 1. The molecule has 2 aromatic rings. The van der Waals surface area contributed by atoms with E-state index in [1.165, 1.54) is 15.3 Å². The normalized spacial score (nSPS) is 20.6. The smallest absolute Gasteiger partial charge is 0.149 e. The number of hydrogen-bond donors (Lipinski definition) is 0. The lowest BCUT2D eigenvalue weighted by molar-refractivity contribution is 0.315. The molecule has 1 aliphatic rings. The van der Waals surface area contributed by atoms with Gasteiger partial charge in [-0.1, -0.05) is 18.5 Å². The van der Waals surface area contributed by atoms with Gasteiger partial charge in [0.1, 0.15) is 23.1 Å². The highest BCUT2D eigenvalue weighted by Crippen LogP contribution is 2.48. The number of aromatic nitrogens is 1. The van der Waals surface area contributed by atoms with E-state index in [2.05, 4.69) is 11.9 Å². The highest BCUT2D eigenvalue weighted by Gasteiger charge is 2.41. The Morgan fingerprint density at radius 3 is 2.64 bits per heavy atom. The molecule has 1 fully saturated rings. The van der Waals surface area contributed by atoms with Crippen LogP contribution in [-0.4, -0.2) is 11.6 Å². The van der Waals surface area contributed by atoms with Crippen molar-refractivity contribution in [3.8, 4) is 11.3 Å². The maximum Gasteiger partial charge on any atom is 0.149 e. The van der Waals surface area contributed by atoms with Gasteiger partial charge < -0.3 is 4.18 Å². The van der Waals surface area contributed by atoms with Crippen LogP contribution in [0.5, 0.6) is 0 Å². The molecular weight excluding hydrogens is 486 g/mol. The largest absolute Gasteiger partial charge is 0.305 e. The summed E-state index contributed by atoms with van der Waals surface area (Å²) in [5.74, 6) is -1.54. The monoisotopic (exact) mass is 499 g/mol. The Balaban J connectivity index is 2.01. The van der Waals surface area contributed by atoms with Crippen molar-refractivity contribution in [3.63, 3.8) is 0 Å². The Labute approximate surface area is 165 Å². The second-order valence-corrected chi connectivity index (χ2v) is 7.99. The highest BCUT2D eigenvalue weighted by molar-refractivity contribution is 14.2. The molecule has 1 aromatic heterocycles. The first-order chi connectivity index (χ1) is 11.9. The maximum absolute atomic E-state index is 14.3. The van der Waals surface area contributed by atoms with Crippen LogP contribution in [0.4, 0.5) is 13.2 Å². The van der Waals surface area contributed by atoms with Crippen molar-refractivity contribution in [1.29, 1.82) is 0 Å². The summed E-state index contributed by atoms with van der Waals surface area (Å²) in [4.78, 5) is 4.34. The molecule has 1 heterocycles. The van der Waals surface area contributed by atoms with Gasteiger partial charge in [0.25, 0.3) is 0 Å². The first-order valence-electron chi connectivity index (χ1n) is 7.64. The third-order valence-corrected chi connectivity index (χ3v) is 5.77. The quantitative estimate of drug-likeness (QED) is 0.255. The number of benzene rings is 1. The van der Waals surface area contributed by atoms with E-state index in [4.69, 9.17) is 15.8 Å². The minimum Gasteiger partial charge on any atom is -0.305 e. The SMILES string of the molecule is CC1CC1C(COSI)c1ccc(F)c(-c2cc(Cl)c(F)cc2F)n1. The Morgan fingerprint density at radius 1 is 1.28 bits per heavy atom. The van der Waals surface area contributed by atoms with Crippen molar-refractivity contribution in [2.24, 2.45) is 11.8 Å². The first kappa shape index (κ1) is 19.3. The predicted octanol–water partition coefficient (Wildman–Crippen LogP) is 6.57. The summed E-state index contributed by atoms with van der Waals surface area (Å²) in [6.07, 6.45) is 1.05. The summed E-state index contributed by atoms with van der Waals surface area (Å²) in [6, 6.07) is 4.56. The summed E-state index contributed by atoms with van der Waals surface area (Å²) in [5.41, 5.74) is 0.311. The van der Waals surface area contributed by atoms with Gasteiger partial charge >= 0.3 is 0 Å². The third-order valence-electron chi connectivity index (χ3n) is 4.49. The van der Waals surface area contributed by atoms with Gasteiger partial charge in [0.05, 0.1) is 20.8 Å². The molecule has 0 saturated heterocycles. The molecule has 1 aromatic carbocycles. The molecule has 8 heteroatoms. The Hall–Kier alpha value is -0.510. The summed E-state index contributed by atoms with van der Waals surface area (Å²) >= 11 is 7.76. The summed E-state index contributed by atoms with van der Waals surface area (Å²) in [5, 5.41) is -0.278. The topological polar surface area (TPSA) is 22.1 Å². The van der Waals surface area contributed by atoms with Gasteiger partial charge in [0.15, 0.2) is 0 Å². The molecule has 25 heavy (non-hydrogen) atoms. The Bertz CT molecular complexity index is 795.